The molecule has 0 fully saturated rings. The SMILES string of the molecule is Cc1ccccc1OC[C@@H](O)Cn1c(NCC[NH3+])nc2c1c(=O)n(C)c(=O)n2C. The van der Waals surface area contributed by atoms with E-state index in [9.17, 15) is 14.7 Å². The molecule has 0 aliphatic rings. The number of aliphatic hydroxyl groups is 1. The lowest BCUT2D eigenvalue weighted by Crippen LogP contribution is -2.53. The van der Waals surface area contributed by atoms with Crippen molar-refractivity contribution < 1.29 is 15.6 Å². The summed E-state index contributed by atoms with van der Waals surface area (Å²) in [7, 11) is 2.98. The fourth-order valence-electron chi connectivity index (χ4n) is 3.13. The average molecular weight is 403 g/mol. The molecule has 156 valence electrons. The molecule has 10 nitrogen and oxygen atoms in total. The molecule has 2 aromatic heterocycles. The van der Waals surface area contributed by atoms with Crippen LogP contribution in [0.5, 0.6) is 5.75 Å². The number of rotatable bonds is 8. The predicted octanol–water partition coefficient (Wildman–Crippen LogP) is -1.16. The van der Waals surface area contributed by atoms with Gasteiger partial charge in [0, 0.05) is 14.1 Å². The van der Waals surface area contributed by atoms with E-state index in [2.05, 4.69) is 16.0 Å². The molecule has 2 heterocycles. The average Bonchev–Trinajstić information content (AvgIpc) is 3.06. The van der Waals surface area contributed by atoms with Crippen LogP contribution in [0.3, 0.4) is 0 Å². The van der Waals surface area contributed by atoms with Crippen molar-refractivity contribution in [1.82, 2.24) is 18.7 Å². The Morgan fingerprint density at radius 1 is 1.24 bits per heavy atom. The van der Waals surface area contributed by atoms with Crippen LogP contribution < -0.4 is 27.0 Å². The van der Waals surface area contributed by atoms with Gasteiger partial charge in [-0.3, -0.25) is 13.9 Å². The second-order valence-electron chi connectivity index (χ2n) is 6.93. The normalized spacial score (nSPS) is 12.3. The Bertz CT molecular complexity index is 1130. The monoisotopic (exact) mass is 403 g/mol. The smallest absolute Gasteiger partial charge is 0.332 e. The molecule has 29 heavy (non-hydrogen) atoms. The summed E-state index contributed by atoms with van der Waals surface area (Å²) in [6.45, 7) is 3.20. The lowest BCUT2D eigenvalue weighted by Gasteiger charge is -2.16. The fourth-order valence-corrected chi connectivity index (χ4v) is 3.13. The Balaban J connectivity index is 1.95. The minimum atomic E-state index is -0.894. The van der Waals surface area contributed by atoms with Gasteiger partial charge in [0.1, 0.15) is 18.5 Å². The lowest BCUT2D eigenvalue weighted by molar-refractivity contribution is -0.362. The number of aliphatic hydroxyl groups excluding tert-OH is 1. The van der Waals surface area contributed by atoms with Crippen LogP contribution in [0.25, 0.3) is 11.2 Å². The summed E-state index contributed by atoms with van der Waals surface area (Å²) >= 11 is 0. The molecule has 5 N–H and O–H groups in total. The molecule has 0 spiro atoms. The van der Waals surface area contributed by atoms with Gasteiger partial charge < -0.3 is 25.5 Å². The van der Waals surface area contributed by atoms with Gasteiger partial charge in [-0.2, -0.15) is 4.98 Å². The molecule has 3 rings (SSSR count). The van der Waals surface area contributed by atoms with Crippen LogP contribution >= 0.6 is 0 Å². The first-order valence-corrected chi connectivity index (χ1v) is 9.41. The van der Waals surface area contributed by atoms with E-state index in [1.54, 1.807) is 11.6 Å². The highest BCUT2D eigenvalue weighted by Crippen LogP contribution is 2.18. The molecule has 0 saturated carbocycles. The maximum Gasteiger partial charge on any atom is 0.332 e. The Hall–Kier alpha value is -3.11. The maximum atomic E-state index is 12.8. The molecule has 0 bridgehead atoms. The number of anilines is 1. The number of para-hydroxylation sites is 1. The number of hydrogen-bond donors (Lipinski definition) is 3. The molecule has 1 aromatic carbocycles. The third-order valence-electron chi connectivity index (χ3n) is 4.73. The van der Waals surface area contributed by atoms with Crippen LogP contribution in [0, 0.1) is 6.92 Å². The zero-order chi connectivity index (χ0) is 21.1. The van der Waals surface area contributed by atoms with E-state index in [0.29, 0.717) is 24.8 Å². The van der Waals surface area contributed by atoms with Gasteiger partial charge in [-0.25, -0.2) is 4.79 Å². The number of hydrogen-bond acceptors (Lipinski definition) is 6. The van der Waals surface area contributed by atoms with Gasteiger partial charge in [-0.15, -0.1) is 0 Å². The summed E-state index contributed by atoms with van der Waals surface area (Å²) in [6, 6.07) is 7.54. The van der Waals surface area contributed by atoms with Gasteiger partial charge in [0.25, 0.3) is 5.56 Å². The van der Waals surface area contributed by atoms with E-state index in [0.717, 1.165) is 10.1 Å². The van der Waals surface area contributed by atoms with Crippen LogP contribution in [0.2, 0.25) is 0 Å². The van der Waals surface area contributed by atoms with Crippen molar-refractivity contribution in [2.45, 2.75) is 19.6 Å². The predicted molar refractivity (Wildman–Crippen MR) is 109 cm³/mol. The van der Waals surface area contributed by atoms with Crippen molar-refractivity contribution in [2.75, 3.05) is 25.0 Å². The van der Waals surface area contributed by atoms with Crippen molar-refractivity contribution in [1.29, 1.82) is 0 Å². The summed E-state index contributed by atoms with van der Waals surface area (Å²) in [5.41, 5.74) is 4.34. The van der Waals surface area contributed by atoms with Crippen LogP contribution in [0.1, 0.15) is 5.56 Å². The quantitative estimate of drug-likeness (QED) is 0.435. The molecule has 0 aliphatic carbocycles. The molecule has 1 atom stereocenters. The van der Waals surface area contributed by atoms with Gasteiger partial charge >= 0.3 is 5.69 Å². The van der Waals surface area contributed by atoms with E-state index in [-0.39, 0.29) is 24.3 Å². The number of aromatic nitrogens is 4. The molecular weight excluding hydrogens is 376 g/mol. The van der Waals surface area contributed by atoms with Crippen LogP contribution in [0.4, 0.5) is 5.95 Å². The van der Waals surface area contributed by atoms with Gasteiger partial charge in [-0.1, -0.05) is 18.2 Å². The number of nitrogens with zero attached hydrogens (tertiary/aromatic N) is 4. The summed E-state index contributed by atoms with van der Waals surface area (Å²) in [5.74, 6) is 1.09. The van der Waals surface area contributed by atoms with E-state index in [4.69, 9.17) is 4.74 Å². The van der Waals surface area contributed by atoms with Gasteiger partial charge in [0.2, 0.25) is 5.95 Å². The van der Waals surface area contributed by atoms with Gasteiger partial charge in [0.15, 0.2) is 11.2 Å². The Morgan fingerprint density at radius 2 is 1.97 bits per heavy atom. The zero-order valence-corrected chi connectivity index (χ0v) is 16.9. The Kier molecular flexibility index (Phi) is 6.04. The van der Waals surface area contributed by atoms with E-state index < -0.39 is 17.4 Å². The topological polar surface area (TPSA) is 131 Å². The van der Waals surface area contributed by atoms with Crippen LogP contribution in [-0.2, 0) is 20.6 Å². The number of aryl methyl sites for hydroxylation is 2. The van der Waals surface area contributed by atoms with Crippen molar-refractivity contribution in [3.05, 3.63) is 50.7 Å². The minimum Gasteiger partial charge on any atom is -0.491 e. The highest BCUT2D eigenvalue weighted by molar-refractivity contribution is 5.74. The minimum absolute atomic E-state index is 0.0470. The molecule has 3 aromatic rings. The fraction of sp³-hybridized carbons (Fsp3) is 0.421. The van der Waals surface area contributed by atoms with Gasteiger partial charge in [-0.05, 0) is 18.6 Å². The highest BCUT2D eigenvalue weighted by atomic mass is 16.5. The van der Waals surface area contributed by atoms with E-state index >= 15 is 0 Å². The molecule has 10 heteroatoms. The molecule has 0 aliphatic heterocycles. The molecule has 0 saturated heterocycles. The summed E-state index contributed by atoms with van der Waals surface area (Å²) in [4.78, 5) is 29.4. The second-order valence-corrected chi connectivity index (χ2v) is 6.93. The third kappa shape index (κ3) is 4.03. The molecule has 0 radical (unpaired) electrons. The number of ether oxygens (including phenoxy) is 1. The number of imidazole rings is 1. The lowest BCUT2D eigenvalue weighted by atomic mass is 10.2. The maximum absolute atomic E-state index is 12.8. The first-order chi connectivity index (χ1) is 13.8. The number of quaternary nitrogens is 1. The summed E-state index contributed by atoms with van der Waals surface area (Å²) in [6.07, 6.45) is -0.894. The molecule has 0 unspecified atom stereocenters. The second kappa shape index (κ2) is 8.50. The highest BCUT2D eigenvalue weighted by Gasteiger charge is 2.21. The Morgan fingerprint density at radius 3 is 2.66 bits per heavy atom. The first kappa shape index (κ1) is 20.6. The van der Waals surface area contributed by atoms with E-state index in [1.807, 2.05) is 31.2 Å². The van der Waals surface area contributed by atoms with Crippen LogP contribution in [-0.4, -0.2) is 49.6 Å². The zero-order valence-electron chi connectivity index (χ0n) is 16.9. The number of fused-ring (bicyclic) bond motifs is 1. The third-order valence-corrected chi connectivity index (χ3v) is 4.73. The number of benzene rings is 1. The first-order valence-electron chi connectivity index (χ1n) is 9.41. The molecular formula is C19H27N6O4+. The van der Waals surface area contributed by atoms with Crippen molar-refractivity contribution in [2.24, 2.45) is 14.1 Å². The van der Waals surface area contributed by atoms with Crippen molar-refractivity contribution >= 4 is 17.1 Å². The number of nitrogens with one attached hydrogen (secondary N) is 1. The largest absolute Gasteiger partial charge is 0.491 e. The Labute approximate surface area is 167 Å². The van der Waals surface area contributed by atoms with Gasteiger partial charge in [0.05, 0.1) is 19.6 Å². The molecule has 0 amide bonds. The summed E-state index contributed by atoms with van der Waals surface area (Å²) < 4.78 is 9.67. The van der Waals surface area contributed by atoms with E-state index in [1.165, 1.54) is 11.6 Å². The standard InChI is InChI=1S/C19H26N6O4/c1-12-6-4-5-7-14(12)29-11-13(26)10-25-15-16(22-18(25)21-9-8-20)23(2)19(28)24(3)17(15)27/h4-7,13,26H,8-11,20H2,1-3H3,(H,21,22)/p+1/t13-/m0/s1. The van der Waals surface area contributed by atoms with Crippen molar-refractivity contribution in [3.8, 4) is 5.75 Å². The van der Waals surface area contributed by atoms with Crippen molar-refractivity contribution in [3.63, 3.8) is 0 Å². The summed E-state index contributed by atoms with van der Waals surface area (Å²) in [5, 5.41) is 13.7. The van der Waals surface area contributed by atoms with Crippen LogP contribution in [0.15, 0.2) is 33.9 Å².